The van der Waals surface area contributed by atoms with Gasteiger partial charge < -0.3 is 0 Å². The zero-order valence-electron chi connectivity index (χ0n) is 14.1. The smallest absolute Gasteiger partial charge is 0.0900 e. The molecule has 0 N–H and O–H groups in total. The average molecular weight is 332 g/mol. The number of aromatic nitrogens is 2. The number of rotatable bonds is 2. The van der Waals surface area contributed by atoms with Gasteiger partial charge in [-0.25, -0.2) is 4.98 Å². The van der Waals surface area contributed by atoms with Crippen LogP contribution in [0.2, 0.25) is 0 Å². The monoisotopic (exact) mass is 332 g/mol. The Morgan fingerprint density at radius 3 is 2.04 bits per heavy atom. The summed E-state index contributed by atoms with van der Waals surface area (Å²) in [5.41, 5.74) is 3.90. The highest BCUT2D eigenvalue weighted by Gasteiger charge is 2.10. The Balaban J connectivity index is 1.77. The van der Waals surface area contributed by atoms with E-state index < -0.39 is 0 Å². The molecule has 2 heteroatoms. The van der Waals surface area contributed by atoms with Gasteiger partial charge in [0.15, 0.2) is 0 Å². The quantitative estimate of drug-likeness (QED) is 0.389. The second-order valence-electron chi connectivity index (χ2n) is 6.36. The zero-order valence-corrected chi connectivity index (χ0v) is 14.1. The maximum Gasteiger partial charge on any atom is 0.0900 e. The number of hydrogen-bond donors (Lipinski definition) is 0. The Morgan fingerprint density at radius 1 is 0.538 bits per heavy atom. The van der Waals surface area contributed by atoms with E-state index in [2.05, 4.69) is 71.7 Å². The van der Waals surface area contributed by atoms with E-state index in [-0.39, 0.29) is 0 Å². The molecule has 2 nitrogen and oxygen atoms in total. The number of benzene rings is 3. The topological polar surface area (TPSA) is 25.8 Å². The van der Waals surface area contributed by atoms with Crippen molar-refractivity contribution in [3.63, 3.8) is 0 Å². The SMILES string of the molecule is c1ccc(-c2nc(-c3cc4ccccc4cn3)cc3ccccc23)cc1. The molecule has 0 radical (unpaired) electrons. The summed E-state index contributed by atoms with van der Waals surface area (Å²) < 4.78 is 0. The second-order valence-corrected chi connectivity index (χ2v) is 6.36. The first-order valence-electron chi connectivity index (χ1n) is 8.69. The van der Waals surface area contributed by atoms with Crippen molar-refractivity contribution in [2.45, 2.75) is 0 Å². The minimum atomic E-state index is 0.895. The lowest BCUT2D eigenvalue weighted by Gasteiger charge is -2.10. The highest BCUT2D eigenvalue weighted by atomic mass is 14.8. The fourth-order valence-corrected chi connectivity index (χ4v) is 3.37. The van der Waals surface area contributed by atoms with Crippen molar-refractivity contribution >= 4 is 21.5 Å². The molecular weight excluding hydrogens is 316 g/mol. The van der Waals surface area contributed by atoms with Gasteiger partial charge in [0.25, 0.3) is 0 Å². The predicted molar refractivity (Wildman–Crippen MR) is 108 cm³/mol. The Labute approximate surface area is 151 Å². The fraction of sp³-hybridized carbons (Fsp3) is 0. The summed E-state index contributed by atoms with van der Waals surface area (Å²) in [5, 5.41) is 4.64. The average Bonchev–Trinajstić information content (AvgIpc) is 2.73. The van der Waals surface area contributed by atoms with Crippen LogP contribution in [0.4, 0.5) is 0 Å². The number of nitrogens with zero attached hydrogens (tertiary/aromatic N) is 2. The van der Waals surface area contributed by atoms with E-state index in [1.165, 1.54) is 10.8 Å². The van der Waals surface area contributed by atoms with Crippen LogP contribution in [0, 0.1) is 0 Å². The van der Waals surface area contributed by atoms with Crippen LogP contribution < -0.4 is 0 Å². The van der Waals surface area contributed by atoms with Crippen molar-refractivity contribution in [3.8, 4) is 22.6 Å². The molecule has 0 unspecified atom stereocenters. The maximum atomic E-state index is 4.99. The van der Waals surface area contributed by atoms with Crippen LogP contribution in [0.3, 0.4) is 0 Å². The van der Waals surface area contributed by atoms with Gasteiger partial charge in [-0.05, 0) is 22.9 Å². The third kappa shape index (κ3) is 2.52. The van der Waals surface area contributed by atoms with Crippen LogP contribution in [-0.2, 0) is 0 Å². The molecule has 5 aromatic rings. The Kier molecular flexibility index (Phi) is 3.46. The minimum absolute atomic E-state index is 0.895. The summed E-state index contributed by atoms with van der Waals surface area (Å²) in [6.07, 6.45) is 1.92. The van der Waals surface area contributed by atoms with Gasteiger partial charge in [0.1, 0.15) is 0 Å². The lowest BCUT2D eigenvalue weighted by Crippen LogP contribution is -1.93. The maximum absolute atomic E-state index is 4.99. The molecule has 0 spiro atoms. The molecule has 0 amide bonds. The number of hydrogen-bond acceptors (Lipinski definition) is 2. The molecule has 0 bridgehead atoms. The summed E-state index contributed by atoms with van der Waals surface area (Å²) in [7, 11) is 0. The third-order valence-corrected chi connectivity index (χ3v) is 4.68. The van der Waals surface area contributed by atoms with Gasteiger partial charge in [-0.2, -0.15) is 0 Å². The van der Waals surface area contributed by atoms with Gasteiger partial charge >= 0.3 is 0 Å². The first-order valence-corrected chi connectivity index (χ1v) is 8.69. The van der Waals surface area contributed by atoms with Crippen molar-refractivity contribution in [1.82, 2.24) is 9.97 Å². The second kappa shape index (κ2) is 6.08. The lowest BCUT2D eigenvalue weighted by molar-refractivity contribution is 1.28. The molecule has 0 aliphatic rings. The number of pyridine rings is 2. The fourth-order valence-electron chi connectivity index (χ4n) is 3.37. The van der Waals surface area contributed by atoms with Crippen molar-refractivity contribution < 1.29 is 0 Å². The van der Waals surface area contributed by atoms with E-state index in [1.807, 2.05) is 30.5 Å². The van der Waals surface area contributed by atoms with Gasteiger partial charge in [0.05, 0.1) is 17.1 Å². The highest BCUT2D eigenvalue weighted by molar-refractivity contribution is 5.97. The molecule has 0 saturated heterocycles. The Morgan fingerprint density at radius 2 is 1.19 bits per heavy atom. The summed E-state index contributed by atoms with van der Waals surface area (Å²) in [4.78, 5) is 9.64. The van der Waals surface area contributed by atoms with E-state index in [1.54, 1.807) is 0 Å². The molecule has 2 heterocycles. The van der Waals surface area contributed by atoms with Gasteiger partial charge in [-0.3, -0.25) is 4.98 Å². The molecule has 26 heavy (non-hydrogen) atoms. The summed E-state index contributed by atoms with van der Waals surface area (Å²) in [6.45, 7) is 0. The van der Waals surface area contributed by atoms with Crippen molar-refractivity contribution in [2.24, 2.45) is 0 Å². The van der Waals surface area contributed by atoms with Gasteiger partial charge in [-0.15, -0.1) is 0 Å². The Bertz CT molecular complexity index is 1230. The molecule has 0 fully saturated rings. The summed E-state index contributed by atoms with van der Waals surface area (Å²) in [5.74, 6) is 0. The third-order valence-electron chi connectivity index (χ3n) is 4.68. The standard InChI is InChI=1S/C24H16N2/c1-2-8-17(9-3-1)24-21-13-7-6-11-19(21)15-23(26-24)22-14-18-10-4-5-12-20(18)16-25-22/h1-16H. The van der Waals surface area contributed by atoms with Crippen LogP contribution in [0.25, 0.3) is 44.2 Å². The van der Waals surface area contributed by atoms with Crippen LogP contribution >= 0.6 is 0 Å². The predicted octanol–water partition coefficient (Wildman–Crippen LogP) is 6.12. The first-order chi connectivity index (χ1) is 12.9. The lowest BCUT2D eigenvalue weighted by atomic mass is 10.0. The normalized spacial score (nSPS) is 11.1. The zero-order chi connectivity index (χ0) is 17.3. The van der Waals surface area contributed by atoms with E-state index in [0.717, 1.165) is 33.4 Å². The van der Waals surface area contributed by atoms with Gasteiger partial charge in [0.2, 0.25) is 0 Å². The summed E-state index contributed by atoms with van der Waals surface area (Å²) >= 11 is 0. The van der Waals surface area contributed by atoms with E-state index in [4.69, 9.17) is 4.98 Å². The van der Waals surface area contributed by atoms with Crippen LogP contribution in [0.5, 0.6) is 0 Å². The number of fused-ring (bicyclic) bond motifs is 2. The van der Waals surface area contributed by atoms with Crippen molar-refractivity contribution in [1.29, 1.82) is 0 Å². The minimum Gasteiger partial charge on any atom is -0.254 e. The molecule has 3 aromatic carbocycles. The first kappa shape index (κ1) is 14.8. The molecule has 5 rings (SSSR count). The molecule has 0 aliphatic carbocycles. The summed E-state index contributed by atoms with van der Waals surface area (Å²) in [6, 6.07) is 31.2. The molecular formula is C24H16N2. The van der Waals surface area contributed by atoms with Crippen LogP contribution in [0.1, 0.15) is 0 Å². The van der Waals surface area contributed by atoms with Crippen LogP contribution in [0.15, 0.2) is 97.2 Å². The molecule has 0 aliphatic heterocycles. The van der Waals surface area contributed by atoms with Gasteiger partial charge in [-0.1, -0.05) is 78.9 Å². The van der Waals surface area contributed by atoms with Crippen molar-refractivity contribution in [2.75, 3.05) is 0 Å². The molecule has 122 valence electrons. The largest absolute Gasteiger partial charge is 0.254 e. The van der Waals surface area contributed by atoms with Crippen LogP contribution in [-0.4, -0.2) is 9.97 Å². The van der Waals surface area contributed by atoms with Crippen molar-refractivity contribution in [3.05, 3.63) is 97.2 Å². The molecule has 0 saturated carbocycles. The van der Waals surface area contributed by atoms with E-state index in [0.29, 0.717) is 0 Å². The molecule has 2 aromatic heterocycles. The molecule has 0 atom stereocenters. The Hall–Kier alpha value is -3.52. The van der Waals surface area contributed by atoms with Gasteiger partial charge in [0, 0.05) is 22.5 Å². The van der Waals surface area contributed by atoms with E-state index >= 15 is 0 Å². The van der Waals surface area contributed by atoms with E-state index in [9.17, 15) is 0 Å². The highest BCUT2D eigenvalue weighted by Crippen LogP contribution is 2.31.